The summed E-state index contributed by atoms with van der Waals surface area (Å²) in [6, 6.07) is 11.6. The average Bonchev–Trinajstić information content (AvgIpc) is 3.10. The minimum atomic E-state index is 0.109. The van der Waals surface area contributed by atoms with Crippen LogP contribution >= 0.6 is 12.2 Å². The van der Waals surface area contributed by atoms with Crippen molar-refractivity contribution in [3.63, 3.8) is 0 Å². The van der Waals surface area contributed by atoms with Gasteiger partial charge in [0, 0.05) is 17.7 Å². The fourth-order valence-electron chi connectivity index (χ4n) is 7.17. The van der Waals surface area contributed by atoms with E-state index in [9.17, 15) is 0 Å². The largest absolute Gasteiger partial charge is 0.328 e. The Bertz CT molecular complexity index is 820. The van der Waals surface area contributed by atoms with Crippen LogP contribution in [0.15, 0.2) is 47.0 Å². The van der Waals surface area contributed by atoms with Gasteiger partial charge in [-0.05, 0) is 87.0 Å². The maximum absolute atomic E-state index is 6.07. The van der Waals surface area contributed by atoms with Crippen molar-refractivity contribution in [2.75, 3.05) is 0 Å². The van der Waals surface area contributed by atoms with Crippen molar-refractivity contribution in [2.45, 2.75) is 69.7 Å². The maximum atomic E-state index is 6.07. The highest BCUT2D eigenvalue weighted by Gasteiger charge is 2.67. The van der Waals surface area contributed by atoms with Crippen molar-refractivity contribution in [3.05, 3.63) is 47.5 Å². The molecule has 0 aliphatic heterocycles. The summed E-state index contributed by atoms with van der Waals surface area (Å²) in [4.78, 5) is 5.97. The van der Waals surface area contributed by atoms with E-state index in [0.29, 0.717) is 29.2 Å². The lowest BCUT2D eigenvalue weighted by molar-refractivity contribution is 0.238. The van der Waals surface area contributed by atoms with Gasteiger partial charge in [-0.2, -0.15) is 0 Å². The third-order valence-corrected chi connectivity index (χ3v) is 8.91. The lowest BCUT2D eigenvalue weighted by atomic mass is 9.63. The third kappa shape index (κ3) is 2.77. The van der Waals surface area contributed by atoms with E-state index in [1.54, 1.807) is 5.57 Å². The molecule has 0 amide bonds. The fraction of sp³-hybridized carbons (Fsp3) is 0.600. The molecule has 0 spiro atoms. The second-order valence-electron chi connectivity index (χ2n) is 9.89. The molecule has 28 heavy (non-hydrogen) atoms. The highest BCUT2D eigenvalue weighted by atomic mass is 32.1. The number of hydrogen-bond donors (Lipinski definition) is 1. The SMILES string of the molecule is C/C=C1/C2CC3(c4ccccc4)CC1C(C(=S)/N=C/C1CCC(N)CC1)(C2)C3. The number of allylic oxidation sites excluding steroid dienone is 2. The average molecular weight is 393 g/mol. The molecule has 0 heterocycles. The quantitative estimate of drug-likeness (QED) is 0.413. The van der Waals surface area contributed by atoms with Gasteiger partial charge in [-0.25, -0.2) is 0 Å². The van der Waals surface area contributed by atoms with Gasteiger partial charge >= 0.3 is 0 Å². The topological polar surface area (TPSA) is 38.4 Å². The number of nitrogens with two attached hydrogens (primary N) is 1. The Morgan fingerprint density at radius 3 is 2.57 bits per heavy atom. The third-order valence-electron chi connectivity index (χ3n) is 8.40. The minimum Gasteiger partial charge on any atom is -0.328 e. The van der Waals surface area contributed by atoms with E-state index in [1.807, 2.05) is 0 Å². The summed E-state index contributed by atoms with van der Waals surface area (Å²) < 4.78 is 0. The van der Waals surface area contributed by atoms with Crippen molar-refractivity contribution < 1.29 is 0 Å². The summed E-state index contributed by atoms with van der Waals surface area (Å²) >= 11 is 6.06. The number of benzene rings is 1. The number of aliphatic imine (C=N–C) groups is 1. The van der Waals surface area contributed by atoms with Gasteiger partial charge < -0.3 is 5.73 Å². The molecule has 1 aromatic rings. The Morgan fingerprint density at radius 1 is 1.11 bits per heavy atom. The van der Waals surface area contributed by atoms with Crippen LogP contribution < -0.4 is 5.73 Å². The summed E-state index contributed by atoms with van der Waals surface area (Å²) in [5.41, 5.74) is 9.67. The van der Waals surface area contributed by atoms with Crippen molar-refractivity contribution >= 4 is 23.4 Å². The number of hydrogen-bond acceptors (Lipinski definition) is 2. The molecule has 5 fully saturated rings. The molecule has 5 aliphatic rings. The van der Waals surface area contributed by atoms with E-state index in [2.05, 4.69) is 49.5 Å². The van der Waals surface area contributed by atoms with Crippen LogP contribution in [0, 0.1) is 23.2 Å². The van der Waals surface area contributed by atoms with Crippen LogP contribution in [0.5, 0.6) is 0 Å². The smallest absolute Gasteiger partial charge is 0.109 e. The van der Waals surface area contributed by atoms with E-state index in [-0.39, 0.29) is 5.41 Å². The molecule has 4 unspecified atom stereocenters. The van der Waals surface area contributed by atoms with Gasteiger partial charge in [0.1, 0.15) is 4.99 Å². The molecule has 3 heteroatoms. The zero-order valence-corrected chi connectivity index (χ0v) is 17.8. The van der Waals surface area contributed by atoms with Crippen LogP contribution in [0.3, 0.4) is 0 Å². The number of nitrogens with zero attached hydrogens (tertiary/aromatic N) is 1. The van der Waals surface area contributed by atoms with Crippen LogP contribution in [0.4, 0.5) is 0 Å². The van der Waals surface area contributed by atoms with E-state index in [1.165, 1.54) is 44.1 Å². The van der Waals surface area contributed by atoms with Gasteiger partial charge in [0.05, 0.1) is 0 Å². The van der Waals surface area contributed by atoms with Crippen molar-refractivity contribution in [1.82, 2.24) is 0 Å². The summed E-state index contributed by atoms with van der Waals surface area (Å²) in [6.45, 7) is 2.23. The molecule has 2 N–H and O–H groups in total. The van der Waals surface area contributed by atoms with Crippen molar-refractivity contribution in [3.8, 4) is 0 Å². The normalized spacial score (nSPS) is 43.3. The Kier molecular flexibility index (Phi) is 4.59. The van der Waals surface area contributed by atoms with Crippen molar-refractivity contribution in [1.29, 1.82) is 0 Å². The molecule has 0 radical (unpaired) electrons. The molecular weight excluding hydrogens is 360 g/mol. The molecule has 0 saturated heterocycles. The fourth-order valence-corrected chi connectivity index (χ4v) is 7.53. The zero-order chi connectivity index (χ0) is 19.4. The maximum Gasteiger partial charge on any atom is 0.109 e. The molecular formula is C25H32N2S. The molecule has 2 nitrogen and oxygen atoms in total. The number of rotatable bonds is 3. The molecule has 5 saturated carbocycles. The summed E-state index contributed by atoms with van der Waals surface area (Å²) in [7, 11) is 0. The Labute approximate surface area is 174 Å². The van der Waals surface area contributed by atoms with E-state index < -0.39 is 0 Å². The van der Waals surface area contributed by atoms with Crippen LogP contribution in [0.1, 0.15) is 63.9 Å². The minimum absolute atomic E-state index is 0.109. The predicted octanol–water partition coefficient (Wildman–Crippen LogP) is 5.61. The summed E-state index contributed by atoms with van der Waals surface area (Å²) in [6.07, 6.45) is 14.1. The van der Waals surface area contributed by atoms with Gasteiger partial charge in [0.15, 0.2) is 0 Å². The van der Waals surface area contributed by atoms with Crippen LogP contribution in [0.25, 0.3) is 0 Å². The van der Waals surface area contributed by atoms with E-state index in [0.717, 1.165) is 17.8 Å². The molecule has 5 aliphatic carbocycles. The second-order valence-corrected chi connectivity index (χ2v) is 10.3. The molecule has 4 bridgehead atoms. The first-order chi connectivity index (χ1) is 13.6. The second kappa shape index (κ2) is 6.88. The Morgan fingerprint density at radius 2 is 1.86 bits per heavy atom. The monoisotopic (exact) mass is 392 g/mol. The van der Waals surface area contributed by atoms with Gasteiger partial charge in [-0.3, -0.25) is 4.99 Å². The first kappa shape index (κ1) is 18.7. The molecule has 1 aromatic carbocycles. The molecule has 148 valence electrons. The lowest BCUT2D eigenvalue weighted by Crippen LogP contribution is -2.36. The highest BCUT2D eigenvalue weighted by Crippen LogP contribution is 2.73. The molecule has 4 atom stereocenters. The Balaban J connectivity index is 1.43. The van der Waals surface area contributed by atoms with Gasteiger partial charge in [-0.1, -0.05) is 54.2 Å². The van der Waals surface area contributed by atoms with E-state index >= 15 is 0 Å². The summed E-state index contributed by atoms with van der Waals surface area (Å²) in [5.74, 6) is 1.86. The number of thiocarbonyl (C=S) groups is 1. The molecule has 6 rings (SSSR count). The standard InChI is InChI=1S/C25H32N2S/c1-2-21-18-12-24(19-6-4-3-5-7-19)14-22(21)25(13-18,16-24)23(28)27-15-17-8-10-20(26)11-9-17/h2-7,15,17-18,20,22H,8-14,16,26H2,1H3/b21-2-,27-15+. The van der Waals surface area contributed by atoms with Gasteiger partial charge in [0.2, 0.25) is 0 Å². The lowest BCUT2D eigenvalue weighted by Gasteiger charge is -2.41. The van der Waals surface area contributed by atoms with Crippen LogP contribution in [0.2, 0.25) is 0 Å². The van der Waals surface area contributed by atoms with Crippen LogP contribution in [-0.2, 0) is 5.41 Å². The highest BCUT2D eigenvalue weighted by molar-refractivity contribution is 7.80. The predicted molar refractivity (Wildman–Crippen MR) is 121 cm³/mol. The van der Waals surface area contributed by atoms with Gasteiger partial charge in [0.25, 0.3) is 0 Å². The van der Waals surface area contributed by atoms with E-state index in [4.69, 9.17) is 22.9 Å². The van der Waals surface area contributed by atoms with Crippen LogP contribution in [-0.4, -0.2) is 17.2 Å². The first-order valence-electron chi connectivity index (χ1n) is 11.1. The Hall–Kier alpha value is -1.32. The summed E-state index contributed by atoms with van der Waals surface area (Å²) in [5, 5.41) is 0. The first-order valence-corrected chi connectivity index (χ1v) is 11.5. The van der Waals surface area contributed by atoms with Crippen molar-refractivity contribution in [2.24, 2.45) is 33.9 Å². The molecule has 0 aromatic heterocycles. The zero-order valence-electron chi connectivity index (χ0n) is 16.9. The van der Waals surface area contributed by atoms with Gasteiger partial charge in [-0.15, -0.1) is 0 Å².